The average molecular weight is 334 g/mol. The molecule has 0 atom stereocenters. The Kier molecular flexibility index (Phi) is 7.38. The number of carbonyl (C=O) groups excluding carboxylic acids is 3. The summed E-state index contributed by atoms with van der Waals surface area (Å²) < 4.78 is 0. The van der Waals surface area contributed by atoms with E-state index in [9.17, 15) is 14.4 Å². The summed E-state index contributed by atoms with van der Waals surface area (Å²) in [7, 11) is 0. The van der Waals surface area contributed by atoms with Crippen molar-refractivity contribution in [2.45, 2.75) is 27.7 Å². The molecule has 0 bridgehead atoms. The molecule has 0 aliphatic heterocycles. The molecule has 0 heterocycles. The number of hydrogen-bond donors (Lipinski definition) is 2. The first-order valence-electron chi connectivity index (χ1n) is 8.04. The fourth-order valence-electron chi connectivity index (χ4n) is 2.40. The Bertz CT molecular complexity index is 612. The van der Waals surface area contributed by atoms with Gasteiger partial charge in [-0.2, -0.15) is 0 Å². The third kappa shape index (κ3) is 4.79. The Morgan fingerprint density at radius 1 is 1.17 bits per heavy atom. The van der Waals surface area contributed by atoms with Gasteiger partial charge in [-0.25, -0.2) is 0 Å². The van der Waals surface area contributed by atoms with Gasteiger partial charge in [-0.15, -0.1) is 0 Å². The molecule has 132 valence electrons. The summed E-state index contributed by atoms with van der Waals surface area (Å²) in [4.78, 5) is 38.7. The zero-order chi connectivity index (χ0) is 18.3. The second-order valence-corrected chi connectivity index (χ2v) is 5.39. The maximum atomic E-state index is 12.1. The lowest BCUT2D eigenvalue weighted by molar-refractivity contribution is -0.149. The Morgan fingerprint density at radius 2 is 1.79 bits per heavy atom. The van der Waals surface area contributed by atoms with E-state index in [-0.39, 0.29) is 13.1 Å². The van der Waals surface area contributed by atoms with E-state index in [2.05, 4.69) is 24.1 Å². The molecule has 1 aromatic carbocycles. The number of amides is 3. The molecule has 0 spiro atoms. The molecule has 0 saturated carbocycles. The van der Waals surface area contributed by atoms with Crippen molar-refractivity contribution in [3.05, 3.63) is 23.8 Å². The van der Waals surface area contributed by atoms with Crippen LogP contribution < -0.4 is 16.0 Å². The molecule has 0 aliphatic rings. The lowest BCUT2D eigenvalue weighted by Crippen LogP contribution is -2.44. The Morgan fingerprint density at radius 3 is 2.25 bits per heavy atom. The second kappa shape index (κ2) is 9.02. The molecule has 1 aromatic rings. The van der Waals surface area contributed by atoms with Crippen LogP contribution >= 0.6 is 0 Å². The highest BCUT2D eigenvalue weighted by molar-refractivity contribution is 6.41. The Labute approximate surface area is 142 Å². The normalized spacial score (nSPS) is 10.2. The van der Waals surface area contributed by atoms with Crippen LogP contribution in [0.4, 0.5) is 11.4 Å². The van der Waals surface area contributed by atoms with Gasteiger partial charge in [-0.05, 0) is 44.5 Å². The highest BCUT2D eigenvalue weighted by Gasteiger charge is 2.24. The summed E-state index contributed by atoms with van der Waals surface area (Å²) in [5, 5.41) is 2.56. The quantitative estimate of drug-likeness (QED) is 0.760. The third-order valence-corrected chi connectivity index (χ3v) is 3.76. The van der Waals surface area contributed by atoms with Crippen LogP contribution in [-0.4, -0.2) is 48.8 Å². The number of imide groups is 1. The molecule has 1 rings (SSSR count). The van der Waals surface area contributed by atoms with E-state index < -0.39 is 17.7 Å². The third-order valence-electron chi connectivity index (χ3n) is 3.76. The van der Waals surface area contributed by atoms with E-state index in [4.69, 9.17) is 5.73 Å². The van der Waals surface area contributed by atoms with E-state index in [0.29, 0.717) is 5.69 Å². The van der Waals surface area contributed by atoms with Gasteiger partial charge in [-0.3, -0.25) is 19.3 Å². The van der Waals surface area contributed by atoms with Crippen molar-refractivity contribution in [2.75, 3.05) is 36.4 Å². The van der Waals surface area contributed by atoms with Crippen LogP contribution in [0.1, 0.15) is 26.3 Å². The van der Waals surface area contributed by atoms with Crippen molar-refractivity contribution in [1.82, 2.24) is 4.90 Å². The predicted octanol–water partition coefficient (Wildman–Crippen LogP) is 1.11. The number of nitrogens with one attached hydrogen (secondary N) is 1. The van der Waals surface area contributed by atoms with Gasteiger partial charge >= 0.3 is 11.8 Å². The molecule has 0 radical (unpaired) electrons. The number of benzene rings is 1. The molecule has 7 heteroatoms. The number of aryl methyl sites for hydroxylation is 1. The molecule has 3 amide bonds. The Hall–Kier alpha value is -2.41. The van der Waals surface area contributed by atoms with Crippen molar-refractivity contribution in [3.8, 4) is 0 Å². The summed E-state index contributed by atoms with van der Waals surface area (Å²) in [6.45, 7) is 9.11. The van der Waals surface area contributed by atoms with Gasteiger partial charge in [0.05, 0.1) is 0 Å². The standard InChI is InChI=1S/C17H26N4O3/c1-5-20(6-2)14-7-8-15(12(3)11-14)19-16(23)17(24)21(10-9-18)13(4)22/h7-8,11H,5-6,9-10,18H2,1-4H3,(H,19,23). The molecular weight excluding hydrogens is 308 g/mol. The molecule has 7 nitrogen and oxygen atoms in total. The summed E-state index contributed by atoms with van der Waals surface area (Å²) in [5.41, 5.74) is 7.81. The number of carbonyl (C=O) groups is 3. The van der Waals surface area contributed by atoms with Crippen molar-refractivity contribution in [2.24, 2.45) is 5.73 Å². The fraction of sp³-hybridized carbons (Fsp3) is 0.471. The number of nitrogens with zero attached hydrogens (tertiary/aromatic N) is 2. The minimum atomic E-state index is -0.903. The number of nitrogens with two attached hydrogens (primary N) is 1. The van der Waals surface area contributed by atoms with Crippen LogP contribution in [0.15, 0.2) is 18.2 Å². The number of rotatable bonds is 6. The molecule has 3 N–H and O–H groups in total. The molecule has 24 heavy (non-hydrogen) atoms. The molecule has 0 unspecified atom stereocenters. The predicted molar refractivity (Wildman–Crippen MR) is 94.8 cm³/mol. The molecule has 0 aromatic heterocycles. The van der Waals surface area contributed by atoms with Gasteiger partial charge < -0.3 is 16.0 Å². The van der Waals surface area contributed by atoms with E-state index in [1.807, 2.05) is 19.1 Å². The monoisotopic (exact) mass is 334 g/mol. The fourth-order valence-corrected chi connectivity index (χ4v) is 2.40. The summed E-state index contributed by atoms with van der Waals surface area (Å²) in [5.74, 6) is -2.26. The topological polar surface area (TPSA) is 95.7 Å². The molecular formula is C17H26N4O3. The van der Waals surface area contributed by atoms with Gasteiger partial charge in [0.25, 0.3) is 0 Å². The number of hydrogen-bond acceptors (Lipinski definition) is 5. The highest BCUT2D eigenvalue weighted by atomic mass is 16.2. The first-order chi connectivity index (χ1) is 11.3. The zero-order valence-corrected chi connectivity index (χ0v) is 14.8. The maximum Gasteiger partial charge on any atom is 0.318 e. The van der Waals surface area contributed by atoms with E-state index in [1.54, 1.807) is 6.07 Å². The zero-order valence-electron chi connectivity index (χ0n) is 14.8. The van der Waals surface area contributed by atoms with Crippen LogP contribution in [0.3, 0.4) is 0 Å². The summed E-state index contributed by atoms with van der Waals surface area (Å²) >= 11 is 0. The van der Waals surface area contributed by atoms with E-state index in [1.165, 1.54) is 6.92 Å². The molecule has 0 fully saturated rings. The molecule has 0 saturated heterocycles. The minimum absolute atomic E-state index is 0.0153. The lowest BCUT2D eigenvalue weighted by Gasteiger charge is -2.22. The van der Waals surface area contributed by atoms with Crippen LogP contribution in [0.25, 0.3) is 0 Å². The van der Waals surface area contributed by atoms with Crippen LogP contribution in [0.5, 0.6) is 0 Å². The van der Waals surface area contributed by atoms with Gasteiger partial charge in [0, 0.05) is 44.5 Å². The second-order valence-electron chi connectivity index (χ2n) is 5.39. The van der Waals surface area contributed by atoms with Crippen molar-refractivity contribution >= 4 is 29.1 Å². The first-order valence-corrected chi connectivity index (χ1v) is 8.04. The maximum absolute atomic E-state index is 12.1. The van der Waals surface area contributed by atoms with Gasteiger partial charge in [0.1, 0.15) is 0 Å². The number of anilines is 2. The smallest absolute Gasteiger partial charge is 0.318 e. The Balaban J connectivity index is 2.90. The van der Waals surface area contributed by atoms with Crippen LogP contribution in [-0.2, 0) is 14.4 Å². The van der Waals surface area contributed by atoms with E-state index in [0.717, 1.165) is 29.2 Å². The minimum Gasteiger partial charge on any atom is -0.372 e. The average Bonchev–Trinajstić information content (AvgIpc) is 2.55. The van der Waals surface area contributed by atoms with Crippen LogP contribution in [0.2, 0.25) is 0 Å². The van der Waals surface area contributed by atoms with Crippen LogP contribution in [0, 0.1) is 6.92 Å². The lowest BCUT2D eigenvalue weighted by atomic mass is 10.1. The van der Waals surface area contributed by atoms with Gasteiger partial charge in [-0.1, -0.05) is 0 Å². The van der Waals surface area contributed by atoms with Crippen molar-refractivity contribution in [1.29, 1.82) is 0 Å². The largest absolute Gasteiger partial charge is 0.372 e. The van der Waals surface area contributed by atoms with Gasteiger partial charge in [0.2, 0.25) is 5.91 Å². The van der Waals surface area contributed by atoms with E-state index >= 15 is 0 Å². The summed E-state index contributed by atoms with van der Waals surface area (Å²) in [6, 6.07) is 5.60. The van der Waals surface area contributed by atoms with Crippen molar-refractivity contribution in [3.63, 3.8) is 0 Å². The SMILES string of the molecule is CCN(CC)c1ccc(NC(=O)C(=O)N(CCN)C(C)=O)c(C)c1. The van der Waals surface area contributed by atoms with Gasteiger partial charge in [0.15, 0.2) is 0 Å². The molecule has 0 aliphatic carbocycles. The summed E-state index contributed by atoms with van der Waals surface area (Å²) in [6.07, 6.45) is 0. The first kappa shape index (κ1) is 19.6. The highest BCUT2D eigenvalue weighted by Crippen LogP contribution is 2.22. The van der Waals surface area contributed by atoms with Crippen molar-refractivity contribution < 1.29 is 14.4 Å².